The summed E-state index contributed by atoms with van der Waals surface area (Å²) >= 11 is 0. The van der Waals surface area contributed by atoms with E-state index in [0.29, 0.717) is 5.76 Å². The Labute approximate surface area is 162 Å². The van der Waals surface area contributed by atoms with E-state index in [0.717, 1.165) is 31.7 Å². The molecule has 0 bridgehead atoms. The summed E-state index contributed by atoms with van der Waals surface area (Å²) in [5.41, 5.74) is 6.02. The Morgan fingerprint density at radius 2 is 1.67 bits per heavy atom. The lowest BCUT2D eigenvalue weighted by Gasteiger charge is -2.42. The fourth-order valence-corrected chi connectivity index (χ4v) is 4.41. The Morgan fingerprint density at radius 1 is 1.04 bits per heavy atom. The molecule has 0 saturated carbocycles. The van der Waals surface area contributed by atoms with E-state index in [4.69, 9.17) is 4.42 Å². The number of carbonyl (C=O) groups excluding carboxylic acids is 1. The Morgan fingerprint density at radius 3 is 2.26 bits per heavy atom. The number of amides is 1. The first kappa shape index (κ1) is 18.3. The molecule has 1 aliphatic heterocycles. The highest BCUT2D eigenvalue weighted by atomic mass is 16.4. The first-order chi connectivity index (χ1) is 12.7. The van der Waals surface area contributed by atoms with Crippen LogP contribution in [0.25, 0.3) is 0 Å². The number of fused-ring (bicyclic) bond motifs is 1. The van der Waals surface area contributed by atoms with E-state index in [1.54, 1.807) is 0 Å². The number of benzene rings is 1. The summed E-state index contributed by atoms with van der Waals surface area (Å²) in [4.78, 5) is 14.2. The average Bonchev–Trinajstić information content (AvgIpc) is 3.00. The van der Waals surface area contributed by atoms with Crippen LogP contribution in [-0.4, -0.2) is 23.9 Å². The summed E-state index contributed by atoms with van der Waals surface area (Å²) in [6.45, 7) is 13.3. The Balaban J connectivity index is 1.63. The van der Waals surface area contributed by atoms with E-state index < -0.39 is 0 Å². The Hall–Kier alpha value is -2.03. The minimum atomic E-state index is 0.0255. The minimum Gasteiger partial charge on any atom is -0.456 e. The normalized spacial score (nSPS) is 20.1. The Bertz CT molecular complexity index is 884. The third-order valence-corrected chi connectivity index (χ3v) is 6.69. The van der Waals surface area contributed by atoms with Gasteiger partial charge in [0.25, 0.3) is 5.91 Å². The maximum absolute atomic E-state index is 12.3. The van der Waals surface area contributed by atoms with Crippen LogP contribution in [0.3, 0.4) is 0 Å². The second kappa shape index (κ2) is 6.25. The van der Waals surface area contributed by atoms with Crippen LogP contribution in [-0.2, 0) is 17.3 Å². The smallest absolute Gasteiger partial charge is 0.289 e. The number of aryl methyl sites for hydroxylation is 1. The van der Waals surface area contributed by atoms with Gasteiger partial charge in [0, 0.05) is 19.5 Å². The lowest BCUT2D eigenvalue weighted by molar-refractivity contribution is 0.0617. The summed E-state index contributed by atoms with van der Waals surface area (Å²) in [6.07, 6.45) is 4.28. The quantitative estimate of drug-likeness (QED) is 0.732. The van der Waals surface area contributed by atoms with E-state index in [2.05, 4.69) is 46.8 Å². The van der Waals surface area contributed by atoms with Gasteiger partial charge >= 0.3 is 0 Å². The number of nitrogens with zero attached hydrogens (tertiary/aromatic N) is 1. The van der Waals surface area contributed by atoms with E-state index >= 15 is 0 Å². The zero-order valence-corrected chi connectivity index (χ0v) is 17.3. The molecule has 1 amide bonds. The molecule has 0 N–H and O–H groups in total. The molecule has 1 aliphatic carbocycles. The molecule has 2 heterocycles. The minimum absolute atomic E-state index is 0.0255. The van der Waals surface area contributed by atoms with Crippen molar-refractivity contribution < 1.29 is 9.21 Å². The van der Waals surface area contributed by atoms with Crippen LogP contribution in [0.2, 0.25) is 0 Å². The molecule has 3 nitrogen and oxygen atoms in total. The van der Waals surface area contributed by atoms with Crippen LogP contribution >= 0.6 is 0 Å². The molecular weight excluding hydrogens is 334 g/mol. The van der Waals surface area contributed by atoms with E-state index in [1.807, 2.05) is 17.0 Å². The summed E-state index contributed by atoms with van der Waals surface area (Å²) in [6, 6.07) is 8.57. The highest BCUT2D eigenvalue weighted by Crippen LogP contribution is 2.46. The highest BCUT2D eigenvalue weighted by Gasteiger charge is 2.37. The van der Waals surface area contributed by atoms with E-state index in [9.17, 15) is 4.79 Å². The third kappa shape index (κ3) is 3.22. The summed E-state index contributed by atoms with van der Waals surface area (Å²) in [5.74, 6) is 1.37. The Kier molecular flexibility index (Phi) is 4.25. The molecule has 1 aromatic carbocycles. The van der Waals surface area contributed by atoms with Crippen LogP contribution in [0.1, 0.15) is 85.5 Å². The molecule has 1 saturated heterocycles. The standard InChI is InChI=1S/C24H31NO2/c1-16-13-19-20(24(4,5)10-9-23(19,2)3)15-17(16)14-18-7-8-21(27-18)22(26)25-11-6-12-25/h7-8,13,15H,6,9-12,14H2,1-5H3. The van der Waals surface area contributed by atoms with Gasteiger partial charge in [-0.1, -0.05) is 39.8 Å². The van der Waals surface area contributed by atoms with Crippen LogP contribution in [0.5, 0.6) is 0 Å². The zero-order chi connectivity index (χ0) is 19.4. The SMILES string of the molecule is Cc1cc2c(cc1Cc1ccc(C(=O)N3CCC3)o1)C(C)(C)CCC2(C)C. The molecule has 1 aromatic heterocycles. The van der Waals surface area contributed by atoms with Crippen molar-refractivity contribution in [3.8, 4) is 0 Å². The predicted molar refractivity (Wildman–Crippen MR) is 108 cm³/mol. The van der Waals surface area contributed by atoms with Gasteiger partial charge in [-0.3, -0.25) is 4.79 Å². The molecular formula is C24H31NO2. The lowest BCUT2D eigenvalue weighted by Crippen LogP contribution is -2.41. The first-order valence-corrected chi connectivity index (χ1v) is 10.2. The number of furan rings is 1. The van der Waals surface area contributed by atoms with Gasteiger partial charge in [-0.05, 0) is 71.4 Å². The molecule has 144 valence electrons. The highest BCUT2D eigenvalue weighted by molar-refractivity contribution is 5.92. The molecule has 0 spiro atoms. The van der Waals surface area contributed by atoms with Crippen molar-refractivity contribution in [1.82, 2.24) is 4.90 Å². The van der Waals surface area contributed by atoms with Gasteiger partial charge in [0.15, 0.2) is 5.76 Å². The van der Waals surface area contributed by atoms with Crippen LogP contribution in [0.15, 0.2) is 28.7 Å². The topological polar surface area (TPSA) is 33.5 Å². The van der Waals surface area contributed by atoms with Gasteiger partial charge in [-0.15, -0.1) is 0 Å². The van der Waals surface area contributed by atoms with Gasteiger partial charge in [0.05, 0.1) is 0 Å². The molecule has 2 aliphatic rings. The van der Waals surface area contributed by atoms with Crippen molar-refractivity contribution in [3.63, 3.8) is 0 Å². The number of rotatable bonds is 3. The lowest BCUT2D eigenvalue weighted by atomic mass is 9.62. The summed E-state index contributed by atoms with van der Waals surface area (Å²) < 4.78 is 5.91. The molecule has 3 heteroatoms. The van der Waals surface area contributed by atoms with Crippen molar-refractivity contribution in [2.45, 2.75) is 71.1 Å². The van der Waals surface area contributed by atoms with Crippen LogP contribution in [0.4, 0.5) is 0 Å². The number of hydrogen-bond donors (Lipinski definition) is 0. The monoisotopic (exact) mass is 365 g/mol. The fraction of sp³-hybridized carbons (Fsp3) is 0.542. The molecule has 0 radical (unpaired) electrons. The molecule has 0 unspecified atom stereocenters. The molecule has 4 rings (SSSR count). The summed E-state index contributed by atoms with van der Waals surface area (Å²) in [7, 11) is 0. The maximum Gasteiger partial charge on any atom is 0.289 e. The number of hydrogen-bond acceptors (Lipinski definition) is 2. The van der Waals surface area contributed by atoms with Gasteiger partial charge < -0.3 is 9.32 Å². The molecule has 27 heavy (non-hydrogen) atoms. The van der Waals surface area contributed by atoms with Crippen LogP contribution < -0.4 is 0 Å². The fourth-order valence-electron chi connectivity index (χ4n) is 4.41. The second-order valence-electron chi connectivity index (χ2n) is 9.68. The molecule has 0 atom stereocenters. The first-order valence-electron chi connectivity index (χ1n) is 10.2. The number of likely N-dealkylation sites (tertiary alicyclic amines) is 1. The largest absolute Gasteiger partial charge is 0.456 e. The van der Waals surface area contributed by atoms with Gasteiger partial charge in [0.2, 0.25) is 0 Å². The van der Waals surface area contributed by atoms with Gasteiger partial charge in [-0.25, -0.2) is 0 Å². The predicted octanol–water partition coefficient (Wildman–Crippen LogP) is 5.37. The van der Waals surface area contributed by atoms with Crippen LogP contribution in [0, 0.1) is 6.92 Å². The number of carbonyl (C=O) groups is 1. The average molecular weight is 366 g/mol. The van der Waals surface area contributed by atoms with Crippen molar-refractivity contribution in [3.05, 3.63) is 58.0 Å². The van der Waals surface area contributed by atoms with Crippen molar-refractivity contribution in [2.75, 3.05) is 13.1 Å². The third-order valence-electron chi connectivity index (χ3n) is 6.69. The van der Waals surface area contributed by atoms with Gasteiger partial charge in [0.1, 0.15) is 5.76 Å². The maximum atomic E-state index is 12.3. The van der Waals surface area contributed by atoms with Crippen molar-refractivity contribution in [2.24, 2.45) is 0 Å². The second-order valence-corrected chi connectivity index (χ2v) is 9.68. The van der Waals surface area contributed by atoms with Crippen molar-refractivity contribution >= 4 is 5.91 Å². The van der Waals surface area contributed by atoms with E-state index in [1.165, 1.54) is 35.1 Å². The summed E-state index contributed by atoms with van der Waals surface area (Å²) in [5, 5.41) is 0. The molecule has 1 fully saturated rings. The van der Waals surface area contributed by atoms with Crippen molar-refractivity contribution in [1.29, 1.82) is 0 Å². The molecule has 2 aromatic rings. The van der Waals surface area contributed by atoms with Gasteiger partial charge in [-0.2, -0.15) is 0 Å². The van der Waals surface area contributed by atoms with E-state index in [-0.39, 0.29) is 16.7 Å². The zero-order valence-electron chi connectivity index (χ0n) is 17.3.